The Morgan fingerprint density at radius 1 is 1.25 bits per heavy atom. The third kappa shape index (κ3) is 7.03. The number of fused-ring (bicyclic) bond motifs is 1. The molecule has 2 fully saturated rings. The fourth-order valence-corrected chi connectivity index (χ4v) is 5.42. The van der Waals surface area contributed by atoms with Gasteiger partial charge < -0.3 is 34.3 Å². The summed E-state index contributed by atoms with van der Waals surface area (Å²) in [6, 6.07) is 9.06. The normalized spacial score (nSPS) is 19.9. The van der Waals surface area contributed by atoms with Gasteiger partial charge in [0, 0.05) is 43.6 Å². The van der Waals surface area contributed by atoms with Gasteiger partial charge in [-0.05, 0) is 57.9 Å². The summed E-state index contributed by atoms with van der Waals surface area (Å²) in [6.07, 6.45) is 3.94. The van der Waals surface area contributed by atoms with Gasteiger partial charge in [-0.3, -0.25) is 9.69 Å². The van der Waals surface area contributed by atoms with E-state index < -0.39 is 24.7 Å². The molecule has 2 aromatic rings. The van der Waals surface area contributed by atoms with Crippen molar-refractivity contribution in [2.24, 2.45) is 0 Å². The second-order valence-corrected chi connectivity index (χ2v) is 11.1. The standard InChI is InChI=1S/C28H38BN5O6/c1-28(2,33-13-11-32(3)12-14-33)16-21(17-30)26(35)34-10-6-7-22(34)19-40-27(36)31-25(29(37)38)15-20-18-39-24-9-5-4-8-23(20)24/h4-5,8-9,16,18,22,25,37-38H,6-7,10-15,19H2,1-3H3,(H,31,36)/t22?,25-/m0/s1. The fraction of sp³-hybridized carbons (Fsp3) is 0.536. The van der Waals surface area contributed by atoms with Gasteiger partial charge in [0.25, 0.3) is 5.91 Å². The number of likely N-dealkylation sites (N-methyl/N-ethyl adjacent to an activating group) is 1. The van der Waals surface area contributed by atoms with E-state index >= 15 is 0 Å². The van der Waals surface area contributed by atoms with Crippen molar-refractivity contribution in [2.45, 2.75) is 50.6 Å². The molecule has 0 saturated carbocycles. The molecule has 2 aliphatic rings. The minimum Gasteiger partial charge on any atom is -0.464 e. The average molecular weight is 551 g/mol. The average Bonchev–Trinajstić information content (AvgIpc) is 3.57. The molecule has 0 radical (unpaired) electrons. The highest BCUT2D eigenvalue weighted by atomic mass is 16.5. The Kier molecular flexibility index (Phi) is 9.53. The van der Waals surface area contributed by atoms with E-state index in [1.54, 1.807) is 17.0 Å². The number of rotatable bonds is 9. The van der Waals surface area contributed by atoms with Gasteiger partial charge in [0.2, 0.25) is 0 Å². The lowest BCUT2D eigenvalue weighted by Gasteiger charge is -2.42. The van der Waals surface area contributed by atoms with Crippen LogP contribution in [0.2, 0.25) is 0 Å². The van der Waals surface area contributed by atoms with Crippen LogP contribution in [0, 0.1) is 11.3 Å². The Labute approximate surface area is 235 Å². The van der Waals surface area contributed by atoms with E-state index in [2.05, 4.69) is 28.2 Å². The van der Waals surface area contributed by atoms with Crippen molar-refractivity contribution < 1.29 is 28.8 Å². The number of alkyl carbamates (subject to hydrolysis) is 1. The highest BCUT2D eigenvalue weighted by molar-refractivity contribution is 6.43. The van der Waals surface area contributed by atoms with Crippen LogP contribution in [-0.4, -0.2) is 108 Å². The van der Waals surface area contributed by atoms with Crippen LogP contribution < -0.4 is 5.32 Å². The molecule has 1 aromatic heterocycles. The summed E-state index contributed by atoms with van der Waals surface area (Å²) in [6.45, 7) is 7.97. The lowest BCUT2D eigenvalue weighted by molar-refractivity contribution is -0.128. The van der Waals surface area contributed by atoms with Crippen LogP contribution in [-0.2, 0) is 16.0 Å². The van der Waals surface area contributed by atoms with Crippen molar-refractivity contribution in [3.05, 3.63) is 47.7 Å². The van der Waals surface area contributed by atoms with E-state index in [0.717, 1.165) is 43.5 Å². The molecule has 4 rings (SSSR count). The number of likely N-dealkylation sites (tertiary alicyclic amines) is 1. The number of nitrogens with zero attached hydrogens (tertiary/aromatic N) is 4. The zero-order valence-electron chi connectivity index (χ0n) is 23.4. The van der Waals surface area contributed by atoms with Crippen molar-refractivity contribution in [1.82, 2.24) is 20.0 Å². The van der Waals surface area contributed by atoms with Crippen LogP contribution in [0.1, 0.15) is 32.3 Å². The first kappa shape index (κ1) is 29.6. The highest BCUT2D eigenvalue weighted by Crippen LogP contribution is 2.25. The first-order chi connectivity index (χ1) is 19.1. The first-order valence-electron chi connectivity index (χ1n) is 13.7. The number of carbonyl (C=O) groups is 2. The van der Waals surface area contributed by atoms with E-state index in [9.17, 15) is 24.9 Å². The van der Waals surface area contributed by atoms with Gasteiger partial charge in [-0.25, -0.2) is 4.79 Å². The van der Waals surface area contributed by atoms with Crippen LogP contribution in [0.5, 0.6) is 0 Å². The first-order valence-corrected chi connectivity index (χ1v) is 13.7. The van der Waals surface area contributed by atoms with Crippen molar-refractivity contribution >= 4 is 30.1 Å². The Balaban J connectivity index is 1.35. The SMILES string of the molecule is CN1CCN(C(C)(C)C=C(C#N)C(=O)N2CCCC2COC(=O)N[C@@H](Cc2coc3ccccc23)B(O)O)CC1. The molecule has 12 heteroatoms. The van der Waals surface area contributed by atoms with Gasteiger partial charge >= 0.3 is 13.2 Å². The Morgan fingerprint density at radius 3 is 2.67 bits per heavy atom. The molecule has 0 bridgehead atoms. The number of benzene rings is 1. The number of nitrogens with one attached hydrogen (secondary N) is 1. The summed E-state index contributed by atoms with van der Waals surface area (Å²) in [5.41, 5.74) is 0.997. The van der Waals surface area contributed by atoms with Gasteiger partial charge in [-0.15, -0.1) is 0 Å². The van der Waals surface area contributed by atoms with E-state index in [1.807, 2.05) is 32.0 Å². The summed E-state index contributed by atoms with van der Waals surface area (Å²) in [7, 11) is 0.255. The van der Waals surface area contributed by atoms with Crippen LogP contribution in [0.4, 0.5) is 4.79 Å². The number of hydrogen-bond donors (Lipinski definition) is 3. The fourth-order valence-electron chi connectivity index (χ4n) is 5.42. The summed E-state index contributed by atoms with van der Waals surface area (Å²) in [5.74, 6) is -1.40. The summed E-state index contributed by atoms with van der Waals surface area (Å²) >= 11 is 0. The Bertz CT molecular complexity index is 1260. The third-order valence-electron chi connectivity index (χ3n) is 7.88. The third-order valence-corrected chi connectivity index (χ3v) is 7.88. The van der Waals surface area contributed by atoms with Crippen molar-refractivity contribution in [2.75, 3.05) is 46.4 Å². The predicted octanol–water partition coefficient (Wildman–Crippen LogP) is 1.55. The number of piperazine rings is 1. The molecule has 0 aliphatic carbocycles. The number of para-hydroxylation sites is 1. The molecule has 11 nitrogen and oxygen atoms in total. The Hall–Kier alpha value is -3.37. The molecule has 2 amide bonds. The van der Waals surface area contributed by atoms with E-state index in [-0.39, 0.29) is 30.5 Å². The number of furan rings is 1. The predicted molar refractivity (Wildman–Crippen MR) is 150 cm³/mol. The molecule has 2 atom stereocenters. The number of carbonyl (C=O) groups excluding carboxylic acids is 2. The minimum absolute atomic E-state index is 0.0684. The van der Waals surface area contributed by atoms with E-state index in [4.69, 9.17) is 9.15 Å². The number of hydrogen-bond acceptors (Lipinski definition) is 9. The maximum atomic E-state index is 13.4. The van der Waals surface area contributed by atoms with Crippen LogP contribution in [0.3, 0.4) is 0 Å². The quantitative estimate of drug-likeness (QED) is 0.240. The van der Waals surface area contributed by atoms with E-state index in [0.29, 0.717) is 18.5 Å². The zero-order chi connectivity index (χ0) is 28.9. The molecule has 214 valence electrons. The minimum atomic E-state index is -1.82. The van der Waals surface area contributed by atoms with Gasteiger partial charge in [0.1, 0.15) is 23.8 Å². The second-order valence-electron chi connectivity index (χ2n) is 11.1. The monoisotopic (exact) mass is 551 g/mol. The van der Waals surface area contributed by atoms with E-state index in [1.165, 1.54) is 6.26 Å². The number of ether oxygens (including phenoxy) is 1. The van der Waals surface area contributed by atoms with Crippen LogP contribution >= 0.6 is 0 Å². The molecular weight excluding hydrogens is 513 g/mol. The highest BCUT2D eigenvalue weighted by Gasteiger charge is 2.35. The van der Waals surface area contributed by atoms with Gasteiger partial charge in [0.05, 0.1) is 18.2 Å². The Morgan fingerprint density at radius 2 is 1.98 bits per heavy atom. The number of amides is 2. The largest absolute Gasteiger partial charge is 0.475 e. The van der Waals surface area contributed by atoms with Crippen LogP contribution in [0.25, 0.3) is 11.0 Å². The molecule has 40 heavy (non-hydrogen) atoms. The topological polar surface area (TPSA) is 143 Å². The number of nitriles is 1. The lowest BCUT2D eigenvalue weighted by Crippen LogP contribution is -2.53. The van der Waals surface area contributed by atoms with Crippen molar-refractivity contribution in [1.29, 1.82) is 5.26 Å². The van der Waals surface area contributed by atoms with Crippen molar-refractivity contribution in [3.8, 4) is 6.07 Å². The molecule has 0 spiro atoms. The molecule has 3 N–H and O–H groups in total. The maximum Gasteiger partial charge on any atom is 0.475 e. The van der Waals surface area contributed by atoms with Crippen LogP contribution in [0.15, 0.2) is 46.6 Å². The summed E-state index contributed by atoms with van der Waals surface area (Å²) in [5, 5.41) is 32.9. The lowest BCUT2D eigenvalue weighted by atomic mass is 9.76. The molecular formula is C28H38BN5O6. The molecule has 1 unspecified atom stereocenters. The molecule has 2 aliphatic heterocycles. The maximum absolute atomic E-state index is 13.4. The summed E-state index contributed by atoms with van der Waals surface area (Å²) < 4.78 is 10.9. The van der Waals surface area contributed by atoms with Gasteiger partial charge in [-0.2, -0.15) is 5.26 Å². The van der Waals surface area contributed by atoms with Gasteiger partial charge in [0.15, 0.2) is 0 Å². The summed E-state index contributed by atoms with van der Waals surface area (Å²) in [4.78, 5) is 32.1. The van der Waals surface area contributed by atoms with Crippen molar-refractivity contribution in [3.63, 3.8) is 0 Å². The smallest absolute Gasteiger partial charge is 0.464 e. The van der Waals surface area contributed by atoms with Gasteiger partial charge in [-0.1, -0.05) is 18.2 Å². The second kappa shape index (κ2) is 12.9. The molecule has 1 aromatic carbocycles. The molecule has 2 saturated heterocycles. The zero-order valence-corrected chi connectivity index (χ0v) is 23.4. The molecule has 3 heterocycles.